The van der Waals surface area contributed by atoms with Crippen molar-refractivity contribution in [3.05, 3.63) is 29.8 Å². The number of nitrogens with one attached hydrogen (secondary N) is 1. The van der Waals surface area contributed by atoms with Crippen LogP contribution in [-0.4, -0.2) is 25.1 Å². The van der Waals surface area contributed by atoms with E-state index in [4.69, 9.17) is 10.5 Å². The number of aryl methyl sites for hydroxylation is 1. The minimum absolute atomic E-state index is 0.0856. The highest BCUT2D eigenvalue weighted by atomic mass is 16.5. The molecule has 122 valence electrons. The maximum absolute atomic E-state index is 11.8. The number of hydrogen-bond donors (Lipinski definition) is 2. The molecule has 1 aromatic rings. The van der Waals surface area contributed by atoms with Gasteiger partial charge >= 0.3 is 0 Å². The van der Waals surface area contributed by atoms with Crippen molar-refractivity contribution in [1.29, 1.82) is 0 Å². The van der Waals surface area contributed by atoms with Crippen molar-refractivity contribution in [2.45, 2.75) is 51.6 Å². The topological polar surface area (TPSA) is 64.3 Å². The van der Waals surface area contributed by atoms with Crippen LogP contribution in [0, 0.1) is 5.92 Å². The molecule has 4 nitrogen and oxygen atoms in total. The lowest BCUT2D eigenvalue weighted by Crippen LogP contribution is -2.31. The van der Waals surface area contributed by atoms with Gasteiger partial charge in [-0.05, 0) is 62.3 Å². The molecule has 1 fully saturated rings. The first kappa shape index (κ1) is 16.8. The van der Waals surface area contributed by atoms with Crippen molar-refractivity contribution >= 4 is 5.91 Å². The Morgan fingerprint density at radius 3 is 2.91 bits per heavy atom. The van der Waals surface area contributed by atoms with E-state index in [0.29, 0.717) is 31.5 Å². The van der Waals surface area contributed by atoms with Gasteiger partial charge in [-0.1, -0.05) is 19.1 Å². The van der Waals surface area contributed by atoms with E-state index in [2.05, 4.69) is 17.4 Å². The van der Waals surface area contributed by atoms with Gasteiger partial charge in [0.15, 0.2) is 0 Å². The van der Waals surface area contributed by atoms with E-state index in [1.54, 1.807) is 0 Å². The maximum Gasteiger partial charge on any atom is 0.220 e. The molecule has 0 saturated heterocycles. The molecule has 1 saturated carbocycles. The summed E-state index contributed by atoms with van der Waals surface area (Å²) in [5, 5.41) is 2.93. The fourth-order valence-electron chi connectivity index (χ4n) is 2.69. The molecule has 0 bridgehead atoms. The van der Waals surface area contributed by atoms with Crippen LogP contribution < -0.4 is 15.8 Å². The van der Waals surface area contributed by atoms with E-state index in [1.165, 1.54) is 12.8 Å². The zero-order chi connectivity index (χ0) is 15.8. The van der Waals surface area contributed by atoms with Crippen LogP contribution in [-0.2, 0) is 11.2 Å². The number of hydrogen-bond acceptors (Lipinski definition) is 3. The molecule has 1 atom stereocenters. The minimum Gasteiger partial charge on any atom is -0.490 e. The summed E-state index contributed by atoms with van der Waals surface area (Å²) in [5.41, 5.74) is 6.69. The average Bonchev–Trinajstić information content (AvgIpc) is 3.04. The number of ether oxygens (including phenoxy) is 1. The molecule has 3 N–H and O–H groups in total. The lowest BCUT2D eigenvalue weighted by molar-refractivity contribution is -0.121. The Morgan fingerprint density at radius 2 is 2.18 bits per heavy atom. The summed E-state index contributed by atoms with van der Waals surface area (Å²) in [7, 11) is 0. The zero-order valence-electron chi connectivity index (χ0n) is 13.5. The molecular weight excluding hydrogens is 276 g/mol. The van der Waals surface area contributed by atoms with Crippen LogP contribution in [0.2, 0.25) is 0 Å². The van der Waals surface area contributed by atoms with Crippen LogP contribution in [0.3, 0.4) is 0 Å². The summed E-state index contributed by atoms with van der Waals surface area (Å²) in [6.45, 7) is 3.28. The van der Waals surface area contributed by atoms with E-state index < -0.39 is 0 Å². The van der Waals surface area contributed by atoms with Crippen molar-refractivity contribution in [1.82, 2.24) is 5.32 Å². The van der Waals surface area contributed by atoms with Crippen molar-refractivity contribution in [3.8, 4) is 5.75 Å². The van der Waals surface area contributed by atoms with Crippen LogP contribution in [0.5, 0.6) is 5.75 Å². The minimum atomic E-state index is 0.0856. The molecule has 1 aliphatic rings. The van der Waals surface area contributed by atoms with E-state index >= 15 is 0 Å². The number of nitrogens with two attached hydrogens (primary N) is 1. The summed E-state index contributed by atoms with van der Waals surface area (Å²) in [5.74, 6) is 1.34. The lowest BCUT2D eigenvalue weighted by Gasteiger charge is -2.14. The van der Waals surface area contributed by atoms with Crippen LogP contribution >= 0.6 is 0 Å². The second kappa shape index (κ2) is 8.79. The SMILES string of the molecule is CC(CN)CNC(=O)CCc1cccc(OC2CCCC2)c1. The number of rotatable bonds is 8. The number of amides is 1. The molecule has 1 amide bonds. The summed E-state index contributed by atoms with van der Waals surface area (Å²) in [6.07, 6.45) is 6.47. The molecule has 0 spiro atoms. The second-order valence-corrected chi connectivity index (χ2v) is 6.32. The summed E-state index contributed by atoms with van der Waals surface area (Å²) in [4.78, 5) is 11.8. The predicted molar refractivity (Wildman–Crippen MR) is 88.9 cm³/mol. The third-order valence-corrected chi connectivity index (χ3v) is 4.19. The van der Waals surface area contributed by atoms with E-state index in [1.807, 2.05) is 19.1 Å². The highest BCUT2D eigenvalue weighted by molar-refractivity contribution is 5.76. The highest BCUT2D eigenvalue weighted by Gasteiger charge is 2.16. The third kappa shape index (κ3) is 5.68. The first-order valence-corrected chi connectivity index (χ1v) is 8.39. The average molecular weight is 304 g/mol. The molecule has 0 heterocycles. The largest absolute Gasteiger partial charge is 0.490 e. The Hall–Kier alpha value is -1.55. The van der Waals surface area contributed by atoms with Gasteiger partial charge < -0.3 is 15.8 Å². The first-order valence-electron chi connectivity index (χ1n) is 8.39. The number of carbonyl (C=O) groups excluding carboxylic acids is 1. The molecule has 22 heavy (non-hydrogen) atoms. The molecule has 1 aromatic carbocycles. The van der Waals surface area contributed by atoms with E-state index in [-0.39, 0.29) is 5.91 Å². The molecule has 0 radical (unpaired) electrons. The summed E-state index contributed by atoms with van der Waals surface area (Å²) >= 11 is 0. The molecule has 0 aromatic heterocycles. The van der Waals surface area contributed by atoms with Crippen molar-refractivity contribution in [3.63, 3.8) is 0 Å². The number of carbonyl (C=O) groups is 1. The first-order chi connectivity index (χ1) is 10.7. The van der Waals surface area contributed by atoms with Crippen molar-refractivity contribution in [2.75, 3.05) is 13.1 Å². The van der Waals surface area contributed by atoms with Gasteiger partial charge in [-0.25, -0.2) is 0 Å². The van der Waals surface area contributed by atoms with Gasteiger partial charge in [0.25, 0.3) is 0 Å². The predicted octanol–water partition coefficient (Wildman–Crippen LogP) is 2.65. The van der Waals surface area contributed by atoms with Gasteiger partial charge in [0.05, 0.1) is 6.10 Å². The van der Waals surface area contributed by atoms with Crippen LogP contribution in [0.1, 0.15) is 44.6 Å². The fourth-order valence-corrected chi connectivity index (χ4v) is 2.69. The van der Waals surface area contributed by atoms with Crippen LogP contribution in [0.15, 0.2) is 24.3 Å². The van der Waals surface area contributed by atoms with Gasteiger partial charge in [-0.15, -0.1) is 0 Å². The molecule has 4 heteroatoms. The monoisotopic (exact) mass is 304 g/mol. The fraction of sp³-hybridized carbons (Fsp3) is 0.611. The van der Waals surface area contributed by atoms with Gasteiger partial charge in [0, 0.05) is 13.0 Å². The Labute approximate surface area is 133 Å². The summed E-state index contributed by atoms with van der Waals surface area (Å²) < 4.78 is 6.00. The Balaban J connectivity index is 1.76. The van der Waals surface area contributed by atoms with Gasteiger partial charge in [0.2, 0.25) is 5.91 Å². The Kier molecular flexibility index (Phi) is 6.72. The van der Waals surface area contributed by atoms with E-state index in [9.17, 15) is 4.79 Å². The quantitative estimate of drug-likeness (QED) is 0.776. The normalized spacial score (nSPS) is 16.5. The summed E-state index contributed by atoms with van der Waals surface area (Å²) in [6, 6.07) is 8.13. The smallest absolute Gasteiger partial charge is 0.220 e. The van der Waals surface area contributed by atoms with Gasteiger partial charge in [-0.2, -0.15) is 0 Å². The molecular formula is C18H28N2O2. The van der Waals surface area contributed by atoms with E-state index in [0.717, 1.165) is 30.6 Å². The van der Waals surface area contributed by atoms with Crippen LogP contribution in [0.25, 0.3) is 0 Å². The van der Waals surface area contributed by atoms with Gasteiger partial charge in [0.1, 0.15) is 5.75 Å². The van der Waals surface area contributed by atoms with Crippen LogP contribution in [0.4, 0.5) is 0 Å². The lowest BCUT2D eigenvalue weighted by atomic mass is 10.1. The maximum atomic E-state index is 11.8. The second-order valence-electron chi connectivity index (χ2n) is 6.32. The number of benzene rings is 1. The highest BCUT2D eigenvalue weighted by Crippen LogP contribution is 2.24. The molecule has 1 aliphatic carbocycles. The van der Waals surface area contributed by atoms with Crippen molar-refractivity contribution in [2.24, 2.45) is 11.7 Å². The molecule has 0 aliphatic heterocycles. The zero-order valence-corrected chi connectivity index (χ0v) is 13.5. The molecule has 2 rings (SSSR count). The van der Waals surface area contributed by atoms with Crippen molar-refractivity contribution < 1.29 is 9.53 Å². The third-order valence-electron chi connectivity index (χ3n) is 4.19. The Morgan fingerprint density at radius 1 is 1.41 bits per heavy atom. The molecule has 1 unspecified atom stereocenters. The Bertz CT molecular complexity index is 470. The standard InChI is InChI=1S/C18H28N2O2/c1-14(12-19)13-20-18(21)10-9-15-5-4-8-17(11-15)22-16-6-2-3-7-16/h4-5,8,11,14,16H,2-3,6-7,9-10,12-13,19H2,1H3,(H,20,21). The van der Waals surface area contributed by atoms with Gasteiger partial charge in [-0.3, -0.25) is 4.79 Å².